The molecule has 1 heterocycles. The third-order valence-corrected chi connectivity index (χ3v) is 4.54. The molecule has 0 aliphatic heterocycles. The topological polar surface area (TPSA) is 29.9 Å². The zero-order valence-electron chi connectivity index (χ0n) is 12.2. The average molecular weight is 261 g/mol. The van der Waals surface area contributed by atoms with Gasteiger partial charge in [0.2, 0.25) is 0 Å². The fourth-order valence-electron chi connectivity index (χ4n) is 3.37. The van der Waals surface area contributed by atoms with Gasteiger partial charge in [0.15, 0.2) is 0 Å². The predicted octanol–water partition coefficient (Wildman–Crippen LogP) is 3.77. The molecule has 3 heteroatoms. The molecule has 3 nitrogen and oxygen atoms in total. The molecule has 2 saturated carbocycles. The van der Waals surface area contributed by atoms with Gasteiger partial charge in [0.1, 0.15) is 0 Å². The van der Waals surface area contributed by atoms with Crippen molar-refractivity contribution in [1.82, 2.24) is 15.1 Å². The van der Waals surface area contributed by atoms with Gasteiger partial charge in [0, 0.05) is 23.7 Å². The van der Waals surface area contributed by atoms with Crippen LogP contribution in [0.4, 0.5) is 0 Å². The van der Waals surface area contributed by atoms with Gasteiger partial charge in [-0.25, -0.2) is 0 Å². The minimum atomic E-state index is 0.685. The van der Waals surface area contributed by atoms with Crippen molar-refractivity contribution in [3.8, 4) is 0 Å². The first kappa shape index (κ1) is 13.2. The quantitative estimate of drug-likeness (QED) is 0.790. The van der Waals surface area contributed by atoms with Crippen molar-refractivity contribution >= 4 is 0 Å². The van der Waals surface area contributed by atoms with Crippen LogP contribution in [0.5, 0.6) is 0 Å². The van der Waals surface area contributed by atoms with Crippen molar-refractivity contribution in [2.75, 3.05) is 6.54 Å². The lowest BCUT2D eigenvalue weighted by molar-refractivity contribution is 0.321. The summed E-state index contributed by atoms with van der Waals surface area (Å²) in [5.74, 6) is 0.808. The first-order chi connectivity index (χ1) is 9.40. The van der Waals surface area contributed by atoms with Crippen LogP contribution < -0.4 is 5.32 Å². The Balaban J connectivity index is 1.75. The summed E-state index contributed by atoms with van der Waals surface area (Å²) in [6, 6.07) is 0.685. The van der Waals surface area contributed by atoms with E-state index in [0.29, 0.717) is 6.04 Å². The molecule has 0 unspecified atom stereocenters. The van der Waals surface area contributed by atoms with Crippen LogP contribution in [0.3, 0.4) is 0 Å². The predicted molar refractivity (Wildman–Crippen MR) is 78.3 cm³/mol. The van der Waals surface area contributed by atoms with E-state index in [1.807, 2.05) is 0 Å². The Bertz CT molecular complexity index is 400. The van der Waals surface area contributed by atoms with Gasteiger partial charge >= 0.3 is 0 Å². The smallest absolute Gasteiger partial charge is 0.0537 e. The third-order valence-electron chi connectivity index (χ3n) is 4.54. The average Bonchev–Trinajstić information content (AvgIpc) is 3.21. The minimum absolute atomic E-state index is 0.685. The van der Waals surface area contributed by atoms with Crippen LogP contribution in [0.15, 0.2) is 6.20 Å². The van der Waals surface area contributed by atoms with E-state index in [4.69, 9.17) is 5.10 Å². The van der Waals surface area contributed by atoms with Crippen molar-refractivity contribution in [3.05, 3.63) is 17.5 Å². The summed E-state index contributed by atoms with van der Waals surface area (Å²) in [5, 5.41) is 8.29. The summed E-state index contributed by atoms with van der Waals surface area (Å²) < 4.78 is 2.40. The molecular formula is C16H27N3. The zero-order chi connectivity index (χ0) is 13.1. The molecule has 0 saturated heterocycles. The second kappa shape index (κ2) is 6.08. The molecule has 0 bridgehead atoms. The lowest BCUT2D eigenvalue weighted by atomic mass is 9.95. The molecule has 2 aliphatic carbocycles. The van der Waals surface area contributed by atoms with E-state index in [9.17, 15) is 0 Å². The normalized spacial score (nSPS) is 20.9. The van der Waals surface area contributed by atoms with E-state index in [2.05, 4.69) is 23.1 Å². The van der Waals surface area contributed by atoms with Crippen molar-refractivity contribution in [2.45, 2.75) is 76.8 Å². The largest absolute Gasteiger partial charge is 0.313 e. The van der Waals surface area contributed by atoms with Gasteiger partial charge in [-0.3, -0.25) is 4.68 Å². The Labute approximate surface area is 116 Å². The molecule has 19 heavy (non-hydrogen) atoms. The molecule has 2 fully saturated rings. The number of nitrogens with one attached hydrogen (secondary N) is 1. The summed E-state index contributed by atoms with van der Waals surface area (Å²) in [7, 11) is 0. The maximum Gasteiger partial charge on any atom is 0.0537 e. The van der Waals surface area contributed by atoms with Crippen molar-refractivity contribution in [1.29, 1.82) is 0 Å². The molecule has 1 aromatic rings. The van der Waals surface area contributed by atoms with E-state index in [1.165, 1.54) is 56.9 Å². The van der Waals surface area contributed by atoms with E-state index in [1.54, 1.807) is 5.69 Å². The molecule has 0 spiro atoms. The third kappa shape index (κ3) is 3.02. The number of nitrogens with zero attached hydrogens (tertiary/aromatic N) is 2. The van der Waals surface area contributed by atoms with Crippen LogP contribution in [0.2, 0.25) is 0 Å². The molecule has 106 valence electrons. The van der Waals surface area contributed by atoms with Gasteiger partial charge < -0.3 is 5.32 Å². The van der Waals surface area contributed by atoms with Crippen molar-refractivity contribution in [2.24, 2.45) is 0 Å². The lowest BCUT2D eigenvalue weighted by Gasteiger charge is -2.24. The van der Waals surface area contributed by atoms with E-state index >= 15 is 0 Å². The molecule has 2 aliphatic rings. The summed E-state index contributed by atoms with van der Waals surface area (Å²) in [6.45, 7) is 4.34. The van der Waals surface area contributed by atoms with Gasteiger partial charge in [-0.1, -0.05) is 26.2 Å². The molecule has 0 atom stereocenters. The van der Waals surface area contributed by atoms with Crippen LogP contribution in [-0.2, 0) is 6.54 Å². The summed E-state index contributed by atoms with van der Waals surface area (Å²) in [5.41, 5.74) is 3.03. The second-order valence-electron chi connectivity index (χ2n) is 6.24. The number of rotatable bonds is 6. The van der Waals surface area contributed by atoms with Gasteiger partial charge in [0.25, 0.3) is 0 Å². The van der Waals surface area contributed by atoms with E-state index < -0.39 is 0 Å². The molecule has 0 aromatic carbocycles. The van der Waals surface area contributed by atoms with Crippen molar-refractivity contribution in [3.63, 3.8) is 0 Å². The fourth-order valence-corrected chi connectivity index (χ4v) is 3.37. The highest BCUT2D eigenvalue weighted by Gasteiger charge is 2.32. The lowest BCUT2D eigenvalue weighted by Crippen LogP contribution is -2.18. The highest BCUT2D eigenvalue weighted by Crippen LogP contribution is 2.43. The van der Waals surface area contributed by atoms with Gasteiger partial charge in [-0.15, -0.1) is 0 Å². The molecule has 1 N–H and O–H groups in total. The zero-order valence-corrected chi connectivity index (χ0v) is 12.2. The van der Waals surface area contributed by atoms with Crippen LogP contribution in [0.1, 0.15) is 81.5 Å². The highest BCUT2D eigenvalue weighted by molar-refractivity contribution is 5.26. The van der Waals surface area contributed by atoms with Gasteiger partial charge in [-0.2, -0.15) is 5.10 Å². The van der Waals surface area contributed by atoms with Crippen LogP contribution >= 0.6 is 0 Å². The Morgan fingerprint density at radius 3 is 2.68 bits per heavy atom. The minimum Gasteiger partial charge on any atom is -0.313 e. The molecular weight excluding hydrogens is 234 g/mol. The Kier molecular flexibility index (Phi) is 4.21. The maximum absolute atomic E-state index is 4.76. The summed E-state index contributed by atoms with van der Waals surface area (Å²) >= 11 is 0. The molecule has 0 radical (unpaired) electrons. The van der Waals surface area contributed by atoms with Crippen LogP contribution in [-0.4, -0.2) is 16.3 Å². The monoisotopic (exact) mass is 261 g/mol. The summed E-state index contributed by atoms with van der Waals surface area (Å²) in [4.78, 5) is 0. The molecule has 0 amide bonds. The van der Waals surface area contributed by atoms with Crippen LogP contribution in [0.25, 0.3) is 0 Å². The Morgan fingerprint density at radius 1 is 1.21 bits per heavy atom. The molecule has 3 rings (SSSR count). The van der Waals surface area contributed by atoms with Gasteiger partial charge in [-0.05, 0) is 38.6 Å². The first-order valence-corrected chi connectivity index (χ1v) is 8.17. The Morgan fingerprint density at radius 2 is 2.00 bits per heavy atom. The molecule has 1 aromatic heterocycles. The van der Waals surface area contributed by atoms with Crippen LogP contribution in [0, 0.1) is 0 Å². The standard InChI is InChI=1S/C16H27N3/c1-2-10-17-11-14-12-18-19(16(14)13-8-9-13)15-6-4-3-5-7-15/h12-13,15,17H,2-11H2,1H3. The number of hydrogen-bond donors (Lipinski definition) is 1. The maximum atomic E-state index is 4.76. The number of aromatic nitrogens is 2. The van der Waals surface area contributed by atoms with Crippen molar-refractivity contribution < 1.29 is 0 Å². The SMILES string of the molecule is CCCNCc1cnn(C2CCCCC2)c1C1CC1. The summed E-state index contributed by atoms with van der Waals surface area (Å²) in [6.07, 6.45) is 12.9. The van der Waals surface area contributed by atoms with E-state index in [0.717, 1.165) is 19.0 Å². The second-order valence-corrected chi connectivity index (χ2v) is 6.24. The first-order valence-electron chi connectivity index (χ1n) is 8.17. The highest BCUT2D eigenvalue weighted by atomic mass is 15.3. The fraction of sp³-hybridized carbons (Fsp3) is 0.812. The van der Waals surface area contributed by atoms with E-state index in [-0.39, 0.29) is 0 Å². The van der Waals surface area contributed by atoms with Gasteiger partial charge in [0.05, 0.1) is 12.2 Å². The Hall–Kier alpha value is -0.830. The number of hydrogen-bond acceptors (Lipinski definition) is 2.